The van der Waals surface area contributed by atoms with Gasteiger partial charge < -0.3 is 25.4 Å². The smallest absolute Gasteiger partial charge is 0.262 e. The lowest BCUT2D eigenvalue weighted by molar-refractivity contribution is -0.122. The van der Waals surface area contributed by atoms with E-state index in [-0.39, 0.29) is 30.8 Å². The van der Waals surface area contributed by atoms with E-state index in [1.807, 2.05) is 30.3 Å². The molecule has 39 heavy (non-hydrogen) atoms. The molecule has 0 aliphatic carbocycles. The van der Waals surface area contributed by atoms with Crippen molar-refractivity contribution in [3.05, 3.63) is 83.3 Å². The van der Waals surface area contributed by atoms with Gasteiger partial charge in [-0.1, -0.05) is 35.9 Å². The van der Waals surface area contributed by atoms with Crippen molar-refractivity contribution in [1.82, 2.24) is 15.3 Å². The second-order valence-electron chi connectivity index (χ2n) is 9.32. The van der Waals surface area contributed by atoms with Gasteiger partial charge in [0.25, 0.3) is 5.91 Å². The van der Waals surface area contributed by atoms with Crippen LogP contribution in [0.2, 0.25) is 5.02 Å². The minimum Gasteiger partial charge on any atom is -0.493 e. The fourth-order valence-corrected chi connectivity index (χ4v) is 5.14. The molecule has 1 unspecified atom stereocenters. The number of carbonyl (C=O) groups is 2. The zero-order valence-electron chi connectivity index (χ0n) is 20.7. The van der Waals surface area contributed by atoms with E-state index in [2.05, 4.69) is 25.9 Å². The highest BCUT2D eigenvalue weighted by molar-refractivity contribution is 6.30. The Morgan fingerprint density at radius 2 is 1.97 bits per heavy atom. The van der Waals surface area contributed by atoms with E-state index >= 15 is 0 Å². The number of ether oxygens (including phenoxy) is 2. The van der Waals surface area contributed by atoms with E-state index < -0.39 is 5.41 Å². The number of hydrogen-bond acceptors (Lipinski definition) is 7. The minimum atomic E-state index is -0.964. The number of halogens is 2. The van der Waals surface area contributed by atoms with Gasteiger partial charge in [-0.05, 0) is 29.8 Å². The molecule has 0 saturated heterocycles. The van der Waals surface area contributed by atoms with E-state index in [9.17, 15) is 9.59 Å². The SMILES string of the molecule is Cl.O=C1COc2ncc(CNCC3(C(=O)Nc4cncc5ccccc45)CCOc4ccc(Cl)cc43)cc2N1. The fraction of sp³-hybridized carbons (Fsp3) is 0.214. The van der Waals surface area contributed by atoms with Crippen molar-refractivity contribution < 1.29 is 19.1 Å². The minimum absolute atomic E-state index is 0. The predicted molar refractivity (Wildman–Crippen MR) is 151 cm³/mol. The summed E-state index contributed by atoms with van der Waals surface area (Å²) in [4.78, 5) is 34.4. The standard InChI is InChI=1S/C28H24ClN5O4.ClH/c29-19-5-6-24-21(10-19)28(7-8-37-24,27(36)34-23-14-30-13-18-3-1-2-4-20(18)23)16-31-11-17-9-22-26(32-12-17)38-15-25(35)33-22;/h1-6,9-10,12-14,31H,7-8,11,15-16H2,(H,33,35)(H,34,36);1H. The highest BCUT2D eigenvalue weighted by Gasteiger charge is 2.44. The molecule has 2 amide bonds. The van der Waals surface area contributed by atoms with Crippen molar-refractivity contribution in [1.29, 1.82) is 0 Å². The maximum absolute atomic E-state index is 14.1. The number of aromatic nitrogens is 2. The Bertz CT molecular complexity index is 1560. The van der Waals surface area contributed by atoms with Gasteiger partial charge in [-0.15, -0.1) is 12.4 Å². The van der Waals surface area contributed by atoms with E-state index in [0.29, 0.717) is 54.1 Å². The summed E-state index contributed by atoms with van der Waals surface area (Å²) in [6.07, 6.45) is 5.57. The summed E-state index contributed by atoms with van der Waals surface area (Å²) in [5.74, 6) is 0.614. The molecule has 11 heteroatoms. The van der Waals surface area contributed by atoms with Gasteiger partial charge in [0.15, 0.2) is 6.61 Å². The van der Waals surface area contributed by atoms with E-state index in [1.165, 1.54) is 0 Å². The summed E-state index contributed by atoms with van der Waals surface area (Å²) in [5, 5.41) is 11.7. The Kier molecular flexibility index (Phi) is 7.56. The van der Waals surface area contributed by atoms with Crippen LogP contribution in [0, 0.1) is 0 Å². The third-order valence-corrected chi connectivity index (χ3v) is 7.11. The van der Waals surface area contributed by atoms with Gasteiger partial charge in [0.05, 0.1) is 23.9 Å². The summed E-state index contributed by atoms with van der Waals surface area (Å²) in [6.45, 7) is 1.05. The molecule has 0 saturated carbocycles. The number of anilines is 2. The highest BCUT2D eigenvalue weighted by atomic mass is 35.5. The number of pyridine rings is 2. The van der Waals surface area contributed by atoms with Crippen LogP contribution in [0.25, 0.3) is 10.8 Å². The number of hydrogen-bond donors (Lipinski definition) is 3. The van der Waals surface area contributed by atoms with E-state index in [0.717, 1.165) is 21.9 Å². The number of amides is 2. The fourth-order valence-electron chi connectivity index (χ4n) is 4.97. The topological polar surface area (TPSA) is 114 Å². The average Bonchev–Trinajstić information content (AvgIpc) is 2.93. The molecule has 2 aromatic carbocycles. The van der Waals surface area contributed by atoms with Gasteiger partial charge in [0.1, 0.15) is 11.4 Å². The van der Waals surface area contributed by atoms with Crippen molar-refractivity contribution in [2.45, 2.75) is 18.4 Å². The number of nitrogens with one attached hydrogen (secondary N) is 3. The molecule has 1 atom stereocenters. The second-order valence-corrected chi connectivity index (χ2v) is 9.76. The van der Waals surface area contributed by atoms with Crippen LogP contribution in [-0.2, 0) is 21.5 Å². The van der Waals surface area contributed by atoms with Crippen LogP contribution in [0.15, 0.2) is 67.1 Å². The maximum atomic E-state index is 14.1. The number of benzene rings is 2. The van der Waals surface area contributed by atoms with Gasteiger partial charge in [-0.25, -0.2) is 4.98 Å². The Labute approximate surface area is 235 Å². The van der Waals surface area contributed by atoms with Crippen LogP contribution in [0.1, 0.15) is 17.5 Å². The molecule has 2 aromatic heterocycles. The molecule has 0 fully saturated rings. The number of rotatable bonds is 6. The third kappa shape index (κ3) is 5.21. The highest BCUT2D eigenvalue weighted by Crippen LogP contribution is 2.41. The molecule has 2 aliphatic rings. The summed E-state index contributed by atoms with van der Waals surface area (Å²) < 4.78 is 11.2. The van der Waals surface area contributed by atoms with Gasteiger partial charge in [-0.2, -0.15) is 0 Å². The average molecular weight is 566 g/mol. The maximum Gasteiger partial charge on any atom is 0.262 e. The van der Waals surface area contributed by atoms with Crippen LogP contribution >= 0.6 is 24.0 Å². The first kappa shape index (κ1) is 26.7. The molecule has 4 aromatic rings. The normalized spacial score (nSPS) is 17.5. The lowest BCUT2D eigenvalue weighted by Crippen LogP contribution is -2.50. The zero-order chi connectivity index (χ0) is 26.1. The van der Waals surface area contributed by atoms with Crippen LogP contribution in [0.3, 0.4) is 0 Å². The lowest BCUT2D eigenvalue weighted by Gasteiger charge is -2.38. The molecular formula is C28H25Cl2N5O4. The quantitative estimate of drug-likeness (QED) is 0.315. The molecule has 0 radical (unpaired) electrons. The Balaban J connectivity index is 0.00000308. The van der Waals surface area contributed by atoms with Gasteiger partial charge >= 0.3 is 0 Å². The van der Waals surface area contributed by atoms with Crippen LogP contribution in [0.4, 0.5) is 11.4 Å². The molecule has 200 valence electrons. The third-order valence-electron chi connectivity index (χ3n) is 6.87. The molecule has 2 aliphatic heterocycles. The summed E-state index contributed by atoms with van der Waals surface area (Å²) >= 11 is 6.38. The van der Waals surface area contributed by atoms with Crippen molar-refractivity contribution >= 4 is 58.0 Å². The zero-order valence-corrected chi connectivity index (χ0v) is 22.3. The number of fused-ring (bicyclic) bond motifs is 3. The summed E-state index contributed by atoms with van der Waals surface area (Å²) in [5.41, 5.74) is 1.76. The largest absolute Gasteiger partial charge is 0.493 e. The number of carbonyl (C=O) groups excluding carboxylic acids is 2. The van der Waals surface area contributed by atoms with Crippen molar-refractivity contribution in [3.8, 4) is 11.6 Å². The molecule has 4 heterocycles. The van der Waals surface area contributed by atoms with Crippen LogP contribution in [0.5, 0.6) is 11.6 Å². The van der Waals surface area contributed by atoms with Gasteiger partial charge in [-0.3, -0.25) is 14.6 Å². The molecule has 9 nitrogen and oxygen atoms in total. The lowest BCUT2D eigenvalue weighted by atomic mass is 9.74. The molecular weight excluding hydrogens is 541 g/mol. The first-order valence-electron chi connectivity index (χ1n) is 12.2. The molecule has 0 spiro atoms. The Morgan fingerprint density at radius 1 is 1.10 bits per heavy atom. The van der Waals surface area contributed by atoms with Crippen LogP contribution in [-0.4, -0.2) is 41.5 Å². The monoisotopic (exact) mass is 565 g/mol. The summed E-state index contributed by atoms with van der Waals surface area (Å²) in [7, 11) is 0. The van der Waals surface area contributed by atoms with Gasteiger partial charge in [0, 0.05) is 53.3 Å². The molecule has 6 rings (SSSR count). The first-order chi connectivity index (χ1) is 18.5. The predicted octanol–water partition coefficient (Wildman–Crippen LogP) is 4.48. The van der Waals surface area contributed by atoms with Crippen LogP contribution < -0.4 is 25.4 Å². The van der Waals surface area contributed by atoms with Crippen molar-refractivity contribution in [3.63, 3.8) is 0 Å². The summed E-state index contributed by atoms with van der Waals surface area (Å²) in [6, 6.07) is 14.9. The molecule has 0 bridgehead atoms. The molecule has 3 N–H and O–H groups in total. The Hall–Kier alpha value is -3.92. The first-order valence-corrected chi connectivity index (χ1v) is 12.6. The van der Waals surface area contributed by atoms with Crippen molar-refractivity contribution in [2.24, 2.45) is 0 Å². The van der Waals surface area contributed by atoms with Gasteiger partial charge in [0.2, 0.25) is 11.8 Å². The second kappa shape index (κ2) is 11.1. The van der Waals surface area contributed by atoms with Crippen molar-refractivity contribution in [2.75, 3.05) is 30.4 Å². The van der Waals surface area contributed by atoms with E-state index in [4.69, 9.17) is 21.1 Å². The van der Waals surface area contributed by atoms with E-state index in [1.54, 1.807) is 36.8 Å². The Morgan fingerprint density at radius 3 is 2.87 bits per heavy atom. The number of nitrogens with zero attached hydrogens (tertiary/aromatic N) is 2.